The van der Waals surface area contributed by atoms with Gasteiger partial charge < -0.3 is 10.2 Å². The van der Waals surface area contributed by atoms with Crippen molar-refractivity contribution in [1.29, 1.82) is 0 Å². The van der Waals surface area contributed by atoms with Gasteiger partial charge in [0.2, 0.25) is 0 Å². The van der Waals surface area contributed by atoms with E-state index in [0.29, 0.717) is 0 Å². The van der Waals surface area contributed by atoms with E-state index in [4.69, 9.17) is 0 Å². The van der Waals surface area contributed by atoms with E-state index in [0.717, 1.165) is 16.7 Å². The van der Waals surface area contributed by atoms with Gasteiger partial charge in [0.1, 0.15) is 12.2 Å². The van der Waals surface area contributed by atoms with Gasteiger partial charge in [-0.2, -0.15) is 0 Å². The molecule has 2 atom stereocenters. The molecule has 0 aliphatic heterocycles. The summed E-state index contributed by atoms with van der Waals surface area (Å²) < 4.78 is 0. The van der Waals surface area contributed by atoms with Gasteiger partial charge in [-0.15, -0.1) is 0 Å². The third-order valence-corrected chi connectivity index (χ3v) is 2.45. The molecule has 0 amide bonds. The highest BCUT2D eigenvalue weighted by atomic mass is 16.3. The van der Waals surface area contributed by atoms with Crippen molar-refractivity contribution >= 4 is 6.08 Å². The summed E-state index contributed by atoms with van der Waals surface area (Å²) >= 11 is 0. The van der Waals surface area contributed by atoms with Crippen LogP contribution in [0, 0.1) is 6.92 Å². The maximum atomic E-state index is 9.71. The van der Waals surface area contributed by atoms with Crippen LogP contribution in [-0.4, -0.2) is 16.3 Å². The molecule has 2 nitrogen and oxygen atoms in total. The lowest BCUT2D eigenvalue weighted by atomic mass is 9.90. The normalized spacial score (nSPS) is 25.8. The molecule has 0 unspecified atom stereocenters. The molecule has 0 heterocycles. The second kappa shape index (κ2) is 2.98. The van der Waals surface area contributed by atoms with Crippen molar-refractivity contribution in [3.63, 3.8) is 0 Å². The highest BCUT2D eigenvalue weighted by molar-refractivity contribution is 5.60. The van der Waals surface area contributed by atoms with Crippen LogP contribution in [0.5, 0.6) is 0 Å². The van der Waals surface area contributed by atoms with Crippen LogP contribution < -0.4 is 0 Å². The lowest BCUT2D eigenvalue weighted by Gasteiger charge is -2.23. The number of hydrogen-bond donors (Lipinski definition) is 2. The number of hydrogen-bond acceptors (Lipinski definition) is 2. The molecule has 1 aromatic rings. The van der Waals surface area contributed by atoms with Gasteiger partial charge in [-0.25, -0.2) is 0 Å². The van der Waals surface area contributed by atoms with E-state index >= 15 is 0 Å². The zero-order valence-electron chi connectivity index (χ0n) is 7.44. The third-order valence-electron chi connectivity index (χ3n) is 2.45. The minimum atomic E-state index is -0.777. The molecule has 1 aromatic carbocycles. The van der Waals surface area contributed by atoms with Crippen molar-refractivity contribution in [2.45, 2.75) is 19.1 Å². The number of fused-ring (bicyclic) bond motifs is 1. The van der Waals surface area contributed by atoms with Gasteiger partial charge in [-0.05, 0) is 23.6 Å². The summed E-state index contributed by atoms with van der Waals surface area (Å²) in [5.74, 6) is 0. The van der Waals surface area contributed by atoms with E-state index in [9.17, 15) is 10.2 Å². The molecule has 0 radical (unpaired) electrons. The van der Waals surface area contributed by atoms with Crippen LogP contribution >= 0.6 is 0 Å². The standard InChI is InChI=1S/C11H12O2/c1-7-3-2-4-8-5-6-9(12)11(13)10(7)8/h2-6,9,11-13H,1H3/t9-,11-/m1/s1. The van der Waals surface area contributed by atoms with Crippen molar-refractivity contribution in [3.05, 3.63) is 41.0 Å². The summed E-state index contributed by atoms with van der Waals surface area (Å²) in [5.41, 5.74) is 2.86. The molecule has 2 rings (SSSR count). The molecule has 68 valence electrons. The van der Waals surface area contributed by atoms with Gasteiger partial charge in [0, 0.05) is 0 Å². The summed E-state index contributed by atoms with van der Waals surface area (Å²) in [4.78, 5) is 0. The third kappa shape index (κ3) is 1.28. The lowest BCUT2D eigenvalue weighted by Crippen LogP contribution is -2.20. The van der Waals surface area contributed by atoms with E-state index in [1.807, 2.05) is 31.2 Å². The van der Waals surface area contributed by atoms with Crippen molar-refractivity contribution in [3.8, 4) is 0 Å². The molecule has 2 N–H and O–H groups in total. The lowest BCUT2D eigenvalue weighted by molar-refractivity contribution is 0.0466. The number of benzene rings is 1. The zero-order chi connectivity index (χ0) is 9.42. The summed E-state index contributed by atoms with van der Waals surface area (Å²) in [7, 11) is 0. The van der Waals surface area contributed by atoms with Crippen LogP contribution in [0.1, 0.15) is 22.8 Å². The average molecular weight is 176 g/mol. The molecule has 1 aliphatic carbocycles. The molecule has 0 saturated heterocycles. The minimum absolute atomic E-state index is 0.770. The van der Waals surface area contributed by atoms with Crippen LogP contribution in [0.15, 0.2) is 24.3 Å². The van der Waals surface area contributed by atoms with E-state index in [1.54, 1.807) is 6.08 Å². The Labute approximate surface area is 77.1 Å². The molecule has 0 fully saturated rings. The largest absolute Gasteiger partial charge is 0.386 e. The second-order valence-electron chi connectivity index (χ2n) is 3.37. The highest BCUT2D eigenvalue weighted by Gasteiger charge is 2.23. The zero-order valence-corrected chi connectivity index (χ0v) is 7.44. The number of rotatable bonds is 0. The number of aryl methyl sites for hydroxylation is 1. The fraction of sp³-hybridized carbons (Fsp3) is 0.273. The Bertz CT molecular complexity index is 355. The summed E-state index contributed by atoms with van der Waals surface area (Å²) in [6.45, 7) is 1.94. The van der Waals surface area contributed by atoms with Crippen LogP contribution in [0.4, 0.5) is 0 Å². The maximum absolute atomic E-state index is 9.71. The molecule has 0 aromatic heterocycles. The van der Waals surface area contributed by atoms with Gasteiger partial charge in [-0.1, -0.05) is 30.4 Å². The monoisotopic (exact) mass is 176 g/mol. The van der Waals surface area contributed by atoms with Crippen LogP contribution in [-0.2, 0) is 0 Å². The van der Waals surface area contributed by atoms with E-state index in [1.165, 1.54) is 0 Å². The van der Waals surface area contributed by atoms with Crippen LogP contribution in [0.25, 0.3) is 6.08 Å². The van der Waals surface area contributed by atoms with E-state index in [2.05, 4.69) is 0 Å². The molecular formula is C11H12O2. The predicted octanol–water partition coefficient (Wildman–Crippen LogP) is 1.42. The summed E-state index contributed by atoms with van der Waals surface area (Å²) in [5, 5.41) is 19.1. The summed E-state index contributed by atoms with van der Waals surface area (Å²) in [6.07, 6.45) is 1.92. The van der Waals surface area contributed by atoms with Gasteiger partial charge in [0.05, 0.1) is 0 Å². The van der Waals surface area contributed by atoms with Crippen molar-refractivity contribution in [1.82, 2.24) is 0 Å². The Morgan fingerprint density at radius 3 is 2.77 bits per heavy atom. The van der Waals surface area contributed by atoms with Gasteiger partial charge in [0.25, 0.3) is 0 Å². The maximum Gasteiger partial charge on any atom is 0.109 e. The summed E-state index contributed by atoms with van der Waals surface area (Å²) in [6, 6.07) is 5.82. The van der Waals surface area contributed by atoms with Gasteiger partial charge in [0.15, 0.2) is 0 Å². The first-order valence-electron chi connectivity index (χ1n) is 4.34. The Morgan fingerprint density at radius 2 is 2.00 bits per heavy atom. The number of aliphatic hydroxyl groups excluding tert-OH is 2. The fourth-order valence-electron chi connectivity index (χ4n) is 1.73. The topological polar surface area (TPSA) is 40.5 Å². The first-order chi connectivity index (χ1) is 6.20. The van der Waals surface area contributed by atoms with Gasteiger partial charge in [-0.3, -0.25) is 0 Å². The first-order valence-corrected chi connectivity index (χ1v) is 4.34. The average Bonchev–Trinajstić information content (AvgIpc) is 2.12. The fourth-order valence-corrected chi connectivity index (χ4v) is 1.73. The molecular weight excluding hydrogens is 164 g/mol. The predicted molar refractivity (Wildman–Crippen MR) is 51.2 cm³/mol. The van der Waals surface area contributed by atoms with Gasteiger partial charge >= 0.3 is 0 Å². The Hall–Kier alpha value is -1.12. The van der Waals surface area contributed by atoms with Crippen LogP contribution in [0.2, 0.25) is 0 Å². The molecule has 0 saturated carbocycles. The quantitative estimate of drug-likeness (QED) is 0.627. The Kier molecular flexibility index (Phi) is 1.94. The smallest absolute Gasteiger partial charge is 0.109 e. The molecule has 0 spiro atoms. The minimum Gasteiger partial charge on any atom is -0.386 e. The van der Waals surface area contributed by atoms with Crippen molar-refractivity contribution in [2.75, 3.05) is 0 Å². The van der Waals surface area contributed by atoms with Crippen molar-refractivity contribution < 1.29 is 10.2 Å². The number of aliphatic hydroxyl groups is 2. The molecule has 2 heteroatoms. The SMILES string of the molecule is Cc1cccc2c1[C@H](O)[C@H](O)C=C2. The first kappa shape index (κ1) is 8.48. The molecule has 0 bridgehead atoms. The van der Waals surface area contributed by atoms with E-state index < -0.39 is 12.2 Å². The second-order valence-corrected chi connectivity index (χ2v) is 3.37. The van der Waals surface area contributed by atoms with Crippen LogP contribution in [0.3, 0.4) is 0 Å². The molecule has 1 aliphatic rings. The van der Waals surface area contributed by atoms with E-state index in [-0.39, 0.29) is 0 Å². The molecule has 13 heavy (non-hydrogen) atoms. The Morgan fingerprint density at radius 1 is 1.23 bits per heavy atom. The van der Waals surface area contributed by atoms with Crippen molar-refractivity contribution in [2.24, 2.45) is 0 Å². The highest BCUT2D eigenvalue weighted by Crippen LogP contribution is 2.30. The Balaban J connectivity index is 2.60.